The van der Waals surface area contributed by atoms with Crippen molar-refractivity contribution in [2.45, 2.75) is 6.42 Å². The van der Waals surface area contributed by atoms with Crippen molar-refractivity contribution < 1.29 is 18.3 Å². The van der Waals surface area contributed by atoms with Gasteiger partial charge >= 0.3 is 5.97 Å². The highest BCUT2D eigenvalue weighted by molar-refractivity contribution is 7.08. The van der Waals surface area contributed by atoms with E-state index < -0.39 is 5.97 Å². The molecule has 22 heavy (non-hydrogen) atoms. The molecule has 0 bridgehead atoms. The monoisotopic (exact) mass is 317 g/mol. The van der Waals surface area contributed by atoms with Gasteiger partial charge in [-0.25, -0.2) is 9.37 Å². The fourth-order valence-electron chi connectivity index (χ4n) is 2.02. The number of methoxy groups -OCH3 is 1. The van der Waals surface area contributed by atoms with E-state index in [2.05, 4.69) is 9.72 Å². The second kappa shape index (κ2) is 6.11. The summed E-state index contributed by atoms with van der Waals surface area (Å²) in [5.74, 6) is 0.157. The van der Waals surface area contributed by atoms with Crippen LogP contribution in [-0.4, -0.2) is 18.1 Å². The number of nitrogens with zero attached hydrogens (tertiary/aromatic N) is 1. The third-order valence-electron chi connectivity index (χ3n) is 3.11. The van der Waals surface area contributed by atoms with Crippen molar-refractivity contribution in [2.24, 2.45) is 0 Å². The lowest BCUT2D eigenvalue weighted by Crippen LogP contribution is -2.05. The number of hydrogen-bond acceptors (Lipinski definition) is 5. The van der Waals surface area contributed by atoms with E-state index in [1.165, 1.54) is 30.6 Å². The maximum atomic E-state index is 13.0. The van der Waals surface area contributed by atoms with Crippen LogP contribution in [0.2, 0.25) is 0 Å². The van der Waals surface area contributed by atoms with Gasteiger partial charge in [0.2, 0.25) is 5.89 Å². The van der Waals surface area contributed by atoms with Crippen molar-refractivity contribution in [2.75, 3.05) is 7.11 Å². The first-order valence-electron chi connectivity index (χ1n) is 6.52. The van der Waals surface area contributed by atoms with Gasteiger partial charge in [-0.2, -0.15) is 11.3 Å². The number of carbonyl (C=O) groups is 1. The number of thiophene rings is 1. The molecule has 0 amide bonds. The largest absolute Gasteiger partial charge is 0.469 e. The molecular weight excluding hydrogens is 305 g/mol. The van der Waals surface area contributed by atoms with Gasteiger partial charge in [0.25, 0.3) is 0 Å². The zero-order chi connectivity index (χ0) is 15.5. The van der Waals surface area contributed by atoms with Gasteiger partial charge in [0.15, 0.2) is 5.76 Å². The third kappa shape index (κ3) is 2.92. The molecule has 0 aliphatic carbocycles. The number of aromatic nitrogens is 1. The van der Waals surface area contributed by atoms with Gasteiger partial charge < -0.3 is 9.15 Å². The molecule has 0 fully saturated rings. The number of oxazole rings is 1. The first-order chi connectivity index (χ1) is 10.7. The van der Waals surface area contributed by atoms with Gasteiger partial charge in [-0.1, -0.05) is 0 Å². The first kappa shape index (κ1) is 14.5. The normalized spacial score (nSPS) is 10.6. The van der Waals surface area contributed by atoms with Crippen LogP contribution in [0.1, 0.15) is 5.69 Å². The van der Waals surface area contributed by atoms with Crippen molar-refractivity contribution >= 4 is 17.3 Å². The van der Waals surface area contributed by atoms with Crippen LogP contribution in [0.3, 0.4) is 0 Å². The molecule has 0 aliphatic heterocycles. The second-order valence-corrected chi connectivity index (χ2v) is 5.35. The van der Waals surface area contributed by atoms with E-state index in [0.29, 0.717) is 22.9 Å². The number of benzene rings is 1. The fraction of sp³-hybridized carbons (Fsp3) is 0.125. The van der Waals surface area contributed by atoms with Crippen molar-refractivity contribution in [3.8, 4) is 22.8 Å². The summed E-state index contributed by atoms with van der Waals surface area (Å²) >= 11 is 1.52. The molecule has 1 aromatic carbocycles. The van der Waals surface area contributed by atoms with E-state index in [0.717, 1.165) is 5.56 Å². The summed E-state index contributed by atoms with van der Waals surface area (Å²) in [6, 6.07) is 7.73. The van der Waals surface area contributed by atoms with E-state index in [-0.39, 0.29) is 12.2 Å². The van der Waals surface area contributed by atoms with Crippen LogP contribution in [-0.2, 0) is 16.0 Å². The molecule has 0 unspecified atom stereocenters. The van der Waals surface area contributed by atoms with Gasteiger partial charge in [-0.3, -0.25) is 4.79 Å². The van der Waals surface area contributed by atoms with Gasteiger partial charge in [0.05, 0.1) is 19.2 Å². The fourth-order valence-corrected chi connectivity index (χ4v) is 2.65. The van der Waals surface area contributed by atoms with Crippen molar-refractivity contribution in [3.05, 3.63) is 52.6 Å². The molecule has 112 valence electrons. The van der Waals surface area contributed by atoms with Gasteiger partial charge in [0.1, 0.15) is 5.82 Å². The Labute approximate surface area is 130 Å². The Kier molecular flexibility index (Phi) is 4.02. The van der Waals surface area contributed by atoms with Crippen molar-refractivity contribution in [1.82, 2.24) is 4.98 Å². The van der Waals surface area contributed by atoms with Gasteiger partial charge in [-0.15, -0.1) is 0 Å². The third-order valence-corrected chi connectivity index (χ3v) is 3.79. The average Bonchev–Trinajstić information content (AvgIpc) is 3.17. The molecule has 0 saturated carbocycles. The lowest BCUT2D eigenvalue weighted by Gasteiger charge is -1.97. The lowest BCUT2D eigenvalue weighted by molar-refractivity contribution is -0.139. The number of rotatable bonds is 4. The van der Waals surface area contributed by atoms with E-state index in [4.69, 9.17) is 4.42 Å². The Morgan fingerprint density at radius 3 is 2.68 bits per heavy atom. The Morgan fingerprint density at radius 1 is 1.27 bits per heavy atom. The molecule has 0 N–H and O–H groups in total. The summed E-state index contributed by atoms with van der Waals surface area (Å²) in [5.41, 5.74) is 2.00. The molecule has 3 aromatic rings. The van der Waals surface area contributed by atoms with Crippen LogP contribution in [0.4, 0.5) is 4.39 Å². The summed E-state index contributed by atoms with van der Waals surface area (Å²) in [6.07, 6.45) is 0.0202. The van der Waals surface area contributed by atoms with E-state index in [9.17, 15) is 9.18 Å². The quantitative estimate of drug-likeness (QED) is 0.684. The molecule has 0 radical (unpaired) electrons. The number of ether oxygens (including phenoxy) is 1. The summed E-state index contributed by atoms with van der Waals surface area (Å²) in [7, 11) is 1.33. The van der Waals surface area contributed by atoms with E-state index >= 15 is 0 Å². The van der Waals surface area contributed by atoms with E-state index in [1.54, 1.807) is 12.1 Å². The van der Waals surface area contributed by atoms with Crippen LogP contribution in [0.25, 0.3) is 22.8 Å². The number of hydrogen-bond donors (Lipinski definition) is 0. The second-order valence-electron chi connectivity index (χ2n) is 4.57. The summed E-state index contributed by atoms with van der Waals surface area (Å²) in [4.78, 5) is 15.9. The Bertz CT molecular complexity index is 778. The topological polar surface area (TPSA) is 52.3 Å². The summed E-state index contributed by atoms with van der Waals surface area (Å²) in [6.45, 7) is 0. The van der Waals surface area contributed by atoms with Crippen molar-refractivity contribution in [3.63, 3.8) is 0 Å². The Morgan fingerprint density at radius 2 is 2.05 bits per heavy atom. The molecule has 3 rings (SSSR count). The maximum Gasteiger partial charge on any atom is 0.311 e. The van der Waals surface area contributed by atoms with Gasteiger partial charge in [0, 0.05) is 16.5 Å². The van der Waals surface area contributed by atoms with Crippen LogP contribution in [0.5, 0.6) is 0 Å². The first-order valence-corrected chi connectivity index (χ1v) is 7.46. The smallest absolute Gasteiger partial charge is 0.311 e. The summed E-state index contributed by atoms with van der Waals surface area (Å²) < 4.78 is 23.5. The SMILES string of the molecule is COC(=O)Cc1nc(-c2ccc(F)cc2)oc1-c1ccsc1. The molecule has 0 atom stereocenters. The minimum atomic E-state index is -0.393. The van der Waals surface area contributed by atoms with Crippen molar-refractivity contribution in [1.29, 1.82) is 0 Å². The molecule has 6 heteroatoms. The standard InChI is InChI=1S/C16H12FNO3S/c1-20-14(19)8-13-15(11-6-7-22-9-11)21-16(18-13)10-2-4-12(17)5-3-10/h2-7,9H,8H2,1H3. The van der Waals surface area contributed by atoms with Crippen LogP contribution in [0, 0.1) is 5.82 Å². The molecule has 2 heterocycles. The Balaban J connectivity index is 2.04. The molecule has 2 aromatic heterocycles. The zero-order valence-electron chi connectivity index (χ0n) is 11.7. The zero-order valence-corrected chi connectivity index (χ0v) is 12.5. The number of esters is 1. The average molecular weight is 317 g/mol. The van der Waals surface area contributed by atoms with Crippen LogP contribution in [0.15, 0.2) is 45.5 Å². The van der Waals surface area contributed by atoms with Crippen LogP contribution >= 0.6 is 11.3 Å². The highest BCUT2D eigenvalue weighted by atomic mass is 32.1. The number of carbonyl (C=O) groups excluding carboxylic acids is 1. The summed E-state index contributed by atoms with van der Waals surface area (Å²) in [5, 5.41) is 3.83. The predicted molar refractivity (Wildman–Crippen MR) is 80.9 cm³/mol. The highest BCUT2D eigenvalue weighted by Crippen LogP contribution is 2.31. The molecule has 4 nitrogen and oxygen atoms in total. The lowest BCUT2D eigenvalue weighted by atomic mass is 10.2. The minimum absolute atomic E-state index is 0.0202. The molecule has 0 saturated heterocycles. The molecule has 0 aliphatic rings. The van der Waals surface area contributed by atoms with Gasteiger partial charge in [-0.05, 0) is 35.7 Å². The van der Waals surface area contributed by atoms with Crippen LogP contribution < -0.4 is 0 Å². The number of halogens is 1. The predicted octanol–water partition coefficient (Wildman–Crippen LogP) is 3.92. The highest BCUT2D eigenvalue weighted by Gasteiger charge is 2.19. The molecule has 0 spiro atoms. The van der Waals surface area contributed by atoms with E-state index in [1.807, 2.05) is 16.8 Å². The minimum Gasteiger partial charge on any atom is -0.469 e. The molecular formula is C16H12FNO3S. The Hall–Kier alpha value is -2.47. The maximum absolute atomic E-state index is 13.0.